The highest BCUT2D eigenvalue weighted by Crippen LogP contribution is 2.23. The van der Waals surface area contributed by atoms with Crippen molar-refractivity contribution < 1.29 is 4.79 Å². The molecule has 16 heavy (non-hydrogen) atoms. The van der Waals surface area contributed by atoms with Gasteiger partial charge in [-0.15, -0.1) is 11.8 Å². The van der Waals surface area contributed by atoms with Gasteiger partial charge in [0.2, 0.25) is 0 Å². The maximum absolute atomic E-state index is 11.1. The van der Waals surface area contributed by atoms with E-state index in [9.17, 15) is 4.79 Å². The second-order valence-electron chi connectivity index (χ2n) is 3.96. The number of carbonyl (C=O) groups excluding carboxylic acids is 1. The van der Waals surface area contributed by atoms with E-state index in [1.807, 2.05) is 18.4 Å². The van der Waals surface area contributed by atoms with Crippen LogP contribution in [0.3, 0.4) is 0 Å². The number of aldehydes is 1. The van der Waals surface area contributed by atoms with Crippen molar-refractivity contribution in [2.75, 3.05) is 6.26 Å². The molecule has 0 aliphatic heterocycles. The molecule has 0 atom stereocenters. The molecule has 0 fully saturated rings. The van der Waals surface area contributed by atoms with E-state index in [1.165, 1.54) is 31.2 Å². The van der Waals surface area contributed by atoms with Gasteiger partial charge in [0, 0.05) is 10.5 Å². The minimum absolute atomic E-state index is 0.895. The molecule has 1 nitrogen and oxygen atoms in total. The zero-order chi connectivity index (χ0) is 11.8. The van der Waals surface area contributed by atoms with E-state index in [-0.39, 0.29) is 0 Å². The predicted molar refractivity (Wildman–Crippen MR) is 71.5 cm³/mol. The first kappa shape index (κ1) is 13.3. The van der Waals surface area contributed by atoms with E-state index in [2.05, 4.69) is 13.0 Å². The molecular formula is C14H20OS. The summed E-state index contributed by atoms with van der Waals surface area (Å²) in [6.07, 6.45) is 9.04. The van der Waals surface area contributed by atoms with Crippen LogP contribution in [-0.2, 0) is 6.42 Å². The fourth-order valence-electron chi connectivity index (χ4n) is 1.86. The largest absolute Gasteiger partial charge is 0.298 e. The average Bonchev–Trinajstić information content (AvgIpc) is 2.34. The van der Waals surface area contributed by atoms with Gasteiger partial charge in [0.15, 0.2) is 6.29 Å². The number of hydrogen-bond donors (Lipinski definition) is 0. The van der Waals surface area contributed by atoms with Crippen molar-refractivity contribution in [1.29, 1.82) is 0 Å². The van der Waals surface area contributed by atoms with Crippen molar-refractivity contribution >= 4 is 18.0 Å². The summed E-state index contributed by atoms with van der Waals surface area (Å²) in [5, 5.41) is 0. The van der Waals surface area contributed by atoms with Gasteiger partial charge in [-0.05, 0) is 30.7 Å². The van der Waals surface area contributed by atoms with E-state index in [1.54, 1.807) is 11.8 Å². The van der Waals surface area contributed by atoms with Gasteiger partial charge in [0.1, 0.15) is 0 Å². The molecule has 0 amide bonds. The molecule has 0 heterocycles. The van der Waals surface area contributed by atoms with Gasteiger partial charge in [0.05, 0.1) is 0 Å². The maximum atomic E-state index is 11.1. The molecule has 0 aliphatic rings. The highest BCUT2D eigenvalue weighted by molar-refractivity contribution is 7.98. The van der Waals surface area contributed by atoms with E-state index >= 15 is 0 Å². The summed E-state index contributed by atoms with van der Waals surface area (Å²) in [4.78, 5) is 12.2. The summed E-state index contributed by atoms with van der Waals surface area (Å²) in [6, 6.07) is 6.15. The Morgan fingerprint density at radius 2 is 2.06 bits per heavy atom. The lowest BCUT2D eigenvalue weighted by molar-refractivity contribution is 0.112. The van der Waals surface area contributed by atoms with Crippen molar-refractivity contribution in [2.24, 2.45) is 0 Å². The third-order valence-corrected chi connectivity index (χ3v) is 3.59. The molecule has 0 unspecified atom stereocenters. The van der Waals surface area contributed by atoms with Gasteiger partial charge in [-0.25, -0.2) is 0 Å². The molecule has 1 aromatic rings. The molecule has 88 valence electrons. The van der Waals surface area contributed by atoms with Crippen molar-refractivity contribution in [2.45, 2.75) is 43.9 Å². The number of thioether (sulfide) groups is 1. The van der Waals surface area contributed by atoms with Crippen LogP contribution in [0.4, 0.5) is 0 Å². The third kappa shape index (κ3) is 3.67. The van der Waals surface area contributed by atoms with E-state index in [4.69, 9.17) is 0 Å². The molecule has 1 aromatic carbocycles. The Kier molecular flexibility index (Phi) is 6.24. The molecule has 0 spiro atoms. The van der Waals surface area contributed by atoms with E-state index in [0.717, 1.165) is 23.2 Å². The molecule has 0 saturated heterocycles. The van der Waals surface area contributed by atoms with Crippen LogP contribution in [0.5, 0.6) is 0 Å². The summed E-state index contributed by atoms with van der Waals surface area (Å²) in [6.45, 7) is 2.21. The van der Waals surface area contributed by atoms with Crippen LogP contribution in [0.15, 0.2) is 23.1 Å². The Bertz CT molecular complexity index is 334. The van der Waals surface area contributed by atoms with Gasteiger partial charge in [-0.1, -0.05) is 38.3 Å². The Labute approximate surface area is 103 Å². The quantitative estimate of drug-likeness (QED) is 0.398. The Morgan fingerprint density at radius 1 is 1.25 bits per heavy atom. The van der Waals surface area contributed by atoms with Gasteiger partial charge in [-0.3, -0.25) is 4.79 Å². The van der Waals surface area contributed by atoms with Gasteiger partial charge in [0.25, 0.3) is 0 Å². The first-order chi connectivity index (χ1) is 7.83. The molecule has 0 radical (unpaired) electrons. The minimum Gasteiger partial charge on any atom is -0.298 e. The van der Waals surface area contributed by atoms with Crippen LogP contribution in [0.2, 0.25) is 0 Å². The smallest absolute Gasteiger partial charge is 0.151 e. The average molecular weight is 236 g/mol. The number of unbranched alkanes of at least 4 members (excludes halogenated alkanes) is 3. The molecule has 0 bridgehead atoms. The van der Waals surface area contributed by atoms with Crippen LogP contribution in [-0.4, -0.2) is 12.5 Å². The first-order valence-electron chi connectivity index (χ1n) is 5.94. The van der Waals surface area contributed by atoms with Crippen molar-refractivity contribution in [3.63, 3.8) is 0 Å². The SMILES string of the molecule is CCCCCCc1cccc(SC)c1C=O. The van der Waals surface area contributed by atoms with Crippen LogP contribution >= 0.6 is 11.8 Å². The summed E-state index contributed by atoms with van der Waals surface area (Å²) >= 11 is 1.65. The molecule has 2 heteroatoms. The van der Waals surface area contributed by atoms with Crippen molar-refractivity contribution in [3.05, 3.63) is 29.3 Å². The Hall–Kier alpha value is -0.760. The fraction of sp³-hybridized carbons (Fsp3) is 0.500. The lowest BCUT2D eigenvalue weighted by Crippen LogP contribution is -1.95. The van der Waals surface area contributed by atoms with Crippen molar-refractivity contribution in [3.8, 4) is 0 Å². The van der Waals surface area contributed by atoms with Crippen molar-refractivity contribution in [1.82, 2.24) is 0 Å². The number of aryl methyl sites for hydroxylation is 1. The van der Waals surface area contributed by atoms with E-state index < -0.39 is 0 Å². The number of carbonyl (C=O) groups is 1. The normalized spacial score (nSPS) is 10.4. The monoisotopic (exact) mass is 236 g/mol. The number of benzene rings is 1. The zero-order valence-corrected chi connectivity index (χ0v) is 11.0. The highest BCUT2D eigenvalue weighted by Gasteiger charge is 2.06. The zero-order valence-electron chi connectivity index (χ0n) is 10.2. The van der Waals surface area contributed by atoms with Gasteiger partial charge in [-0.2, -0.15) is 0 Å². The van der Waals surface area contributed by atoms with Crippen LogP contribution < -0.4 is 0 Å². The van der Waals surface area contributed by atoms with Gasteiger partial charge >= 0.3 is 0 Å². The topological polar surface area (TPSA) is 17.1 Å². The minimum atomic E-state index is 0.895. The predicted octanol–water partition coefficient (Wildman–Crippen LogP) is 4.34. The van der Waals surface area contributed by atoms with Gasteiger partial charge < -0.3 is 0 Å². The third-order valence-electron chi connectivity index (χ3n) is 2.79. The molecule has 0 N–H and O–H groups in total. The highest BCUT2D eigenvalue weighted by atomic mass is 32.2. The summed E-state index contributed by atoms with van der Waals surface area (Å²) < 4.78 is 0. The summed E-state index contributed by atoms with van der Waals surface area (Å²) in [5.74, 6) is 0. The Balaban J connectivity index is 2.67. The van der Waals surface area contributed by atoms with E-state index in [0.29, 0.717) is 0 Å². The molecule has 0 aliphatic carbocycles. The molecule has 1 rings (SSSR count). The van der Waals surface area contributed by atoms with Crippen LogP contribution in [0.1, 0.15) is 48.5 Å². The van der Waals surface area contributed by atoms with Crippen LogP contribution in [0.25, 0.3) is 0 Å². The van der Waals surface area contributed by atoms with Crippen LogP contribution in [0, 0.1) is 0 Å². The molecular weight excluding hydrogens is 216 g/mol. The second-order valence-corrected chi connectivity index (χ2v) is 4.81. The lowest BCUT2D eigenvalue weighted by atomic mass is 10.0. The molecule has 0 aromatic heterocycles. The maximum Gasteiger partial charge on any atom is 0.151 e. The lowest BCUT2D eigenvalue weighted by Gasteiger charge is -2.08. The summed E-state index contributed by atoms with van der Waals surface area (Å²) in [7, 11) is 0. The Morgan fingerprint density at radius 3 is 2.69 bits per heavy atom. The summed E-state index contributed by atoms with van der Waals surface area (Å²) in [5.41, 5.74) is 2.10. The standard InChI is InChI=1S/C14H20OS/c1-3-4-5-6-8-12-9-7-10-14(16-2)13(12)11-15/h7,9-11H,3-6,8H2,1-2H3. The second kappa shape index (κ2) is 7.50. The number of hydrogen-bond acceptors (Lipinski definition) is 2. The molecule has 0 saturated carbocycles. The fourth-order valence-corrected chi connectivity index (χ4v) is 2.48. The number of rotatable bonds is 7. The first-order valence-corrected chi connectivity index (χ1v) is 7.17.